The Morgan fingerprint density at radius 3 is 2.87 bits per heavy atom. The maximum Gasteiger partial charge on any atom is 0.238 e. The maximum atomic E-state index is 12.0. The van der Waals surface area contributed by atoms with Gasteiger partial charge in [0.05, 0.1) is 12.3 Å². The van der Waals surface area contributed by atoms with Crippen molar-refractivity contribution in [3.05, 3.63) is 54.4 Å². The van der Waals surface area contributed by atoms with E-state index in [4.69, 9.17) is 8.94 Å². The zero-order valence-corrected chi connectivity index (χ0v) is 12.6. The molecule has 0 spiro atoms. The molecule has 0 aliphatic rings. The normalized spacial score (nSPS) is 12.0. The summed E-state index contributed by atoms with van der Waals surface area (Å²) in [6.07, 6.45) is 5.59. The number of nitrogens with zero attached hydrogens (tertiary/aromatic N) is 3. The SMILES string of the molecule is CC(NC(=O)CCc1nc(-c2ccco2)no1)c1ccncc1. The Kier molecular flexibility index (Phi) is 4.46. The van der Waals surface area contributed by atoms with E-state index in [-0.39, 0.29) is 18.4 Å². The van der Waals surface area contributed by atoms with Crippen LogP contribution in [0.15, 0.2) is 51.9 Å². The molecule has 0 aromatic carbocycles. The minimum atomic E-state index is -0.0770. The van der Waals surface area contributed by atoms with Crippen molar-refractivity contribution in [3.63, 3.8) is 0 Å². The lowest BCUT2D eigenvalue weighted by Crippen LogP contribution is -2.26. The first-order valence-corrected chi connectivity index (χ1v) is 7.28. The van der Waals surface area contributed by atoms with Crippen LogP contribution >= 0.6 is 0 Å². The van der Waals surface area contributed by atoms with E-state index in [1.807, 2.05) is 19.1 Å². The number of carbonyl (C=O) groups is 1. The van der Waals surface area contributed by atoms with Gasteiger partial charge >= 0.3 is 0 Å². The third kappa shape index (κ3) is 3.82. The zero-order valence-electron chi connectivity index (χ0n) is 12.6. The monoisotopic (exact) mass is 312 g/mol. The van der Waals surface area contributed by atoms with Crippen molar-refractivity contribution in [1.82, 2.24) is 20.4 Å². The van der Waals surface area contributed by atoms with Crippen LogP contribution in [0.1, 0.15) is 30.8 Å². The highest BCUT2D eigenvalue weighted by molar-refractivity contribution is 5.76. The second-order valence-corrected chi connectivity index (χ2v) is 5.06. The molecule has 0 radical (unpaired) electrons. The van der Waals surface area contributed by atoms with Crippen molar-refractivity contribution in [1.29, 1.82) is 0 Å². The van der Waals surface area contributed by atoms with Gasteiger partial charge in [0.25, 0.3) is 0 Å². The van der Waals surface area contributed by atoms with Crippen LogP contribution in [0.4, 0.5) is 0 Å². The molecule has 0 bridgehead atoms. The standard InChI is InChI=1S/C16H16N4O3/c1-11(12-6-8-17-9-7-12)18-14(21)4-5-15-19-16(20-23-15)13-3-2-10-22-13/h2-3,6-11H,4-5H2,1H3,(H,18,21). The van der Waals surface area contributed by atoms with E-state index < -0.39 is 0 Å². The molecular formula is C16H16N4O3. The van der Waals surface area contributed by atoms with Crippen molar-refractivity contribution >= 4 is 5.91 Å². The number of aryl methyl sites for hydroxylation is 1. The fourth-order valence-electron chi connectivity index (χ4n) is 2.13. The van der Waals surface area contributed by atoms with Crippen molar-refractivity contribution < 1.29 is 13.7 Å². The van der Waals surface area contributed by atoms with Crippen LogP contribution in [-0.2, 0) is 11.2 Å². The molecular weight excluding hydrogens is 296 g/mol. The van der Waals surface area contributed by atoms with Gasteiger partial charge in [0.1, 0.15) is 0 Å². The van der Waals surface area contributed by atoms with Gasteiger partial charge < -0.3 is 14.3 Å². The number of amides is 1. The number of hydrogen-bond acceptors (Lipinski definition) is 6. The molecule has 3 aromatic rings. The number of nitrogens with one attached hydrogen (secondary N) is 1. The maximum absolute atomic E-state index is 12.0. The van der Waals surface area contributed by atoms with Crippen molar-refractivity contribution in [2.24, 2.45) is 0 Å². The summed E-state index contributed by atoms with van der Waals surface area (Å²) in [6, 6.07) is 7.17. The summed E-state index contributed by atoms with van der Waals surface area (Å²) in [4.78, 5) is 20.2. The summed E-state index contributed by atoms with van der Waals surface area (Å²) in [5.41, 5.74) is 1.01. The van der Waals surface area contributed by atoms with Crippen molar-refractivity contribution in [2.75, 3.05) is 0 Å². The summed E-state index contributed by atoms with van der Waals surface area (Å²) in [5, 5.41) is 6.75. The second kappa shape index (κ2) is 6.87. The molecule has 118 valence electrons. The Labute approximate surface area is 132 Å². The van der Waals surface area contributed by atoms with Crippen LogP contribution < -0.4 is 5.32 Å². The van der Waals surface area contributed by atoms with Gasteiger partial charge in [-0.1, -0.05) is 5.16 Å². The summed E-state index contributed by atoms with van der Waals surface area (Å²) >= 11 is 0. The Hall–Kier alpha value is -2.96. The zero-order chi connectivity index (χ0) is 16.1. The molecule has 0 fully saturated rings. The number of aromatic nitrogens is 3. The molecule has 23 heavy (non-hydrogen) atoms. The highest BCUT2D eigenvalue weighted by Gasteiger charge is 2.14. The molecule has 1 atom stereocenters. The third-order valence-electron chi connectivity index (χ3n) is 3.36. The van der Waals surface area contributed by atoms with E-state index in [0.717, 1.165) is 5.56 Å². The summed E-state index contributed by atoms with van der Waals surface area (Å²) in [6.45, 7) is 1.93. The van der Waals surface area contributed by atoms with Gasteiger partial charge in [0.15, 0.2) is 5.76 Å². The van der Waals surface area contributed by atoms with Gasteiger partial charge in [-0.3, -0.25) is 9.78 Å². The van der Waals surface area contributed by atoms with Gasteiger partial charge in [-0.2, -0.15) is 4.98 Å². The minimum absolute atomic E-state index is 0.0768. The first-order valence-electron chi connectivity index (χ1n) is 7.28. The van der Waals surface area contributed by atoms with Gasteiger partial charge in [-0.15, -0.1) is 0 Å². The number of hydrogen-bond donors (Lipinski definition) is 1. The largest absolute Gasteiger partial charge is 0.461 e. The van der Waals surface area contributed by atoms with Gasteiger partial charge in [0.2, 0.25) is 17.6 Å². The van der Waals surface area contributed by atoms with Crippen LogP contribution in [0.25, 0.3) is 11.6 Å². The van der Waals surface area contributed by atoms with Crippen molar-refractivity contribution in [2.45, 2.75) is 25.8 Å². The van der Waals surface area contributed by atoms with Crippen LogP contribution in [0, 0.1) is 0 Å². The molecule has 3 aromatic heterocycles. The summed E-state index contributed by atoms with van der Waals surface area (Å²) in [5.74, 6) is 1.25. The molecule has 3 rings (SSSR count). The molecule has 7 heteroatoms. The van der Waals surface area contributed by atoms with Crippen LogP contribution in [0.3, 0.4) is 0 Å². The van der Waals surface area contributed by atoms with Crippen LogP contribution in [0.2, 0.25) is 0 Å². The number of furan rings is 1. The highest BCUT2D eigenvalue weighted by atomic mass is 16.5. The lowest BCUT2D eigenvalue weighted by molar-refractivity contribution is -0.121. The van der Waals surface area contributed by atoms with Gasteiger partial charge in [-0.05, 0) is 36.8 Å². The van der Waals surface area contributed by atoms with Crippen LogP contribution in [0.5, 0.6) is 0 Å². The first-order chi connectivity index (χ1) is 11.2. The number of carbonyl (C=O) groups excluding carboxylic acids is 1. The Bertz CT molecular complexity index is 753. The van der Waals surface area contributed by atoms with E-state index in [9.17, 15) is 4.79 Å². The predicted octanol–water partition coefficient (Wildman–Crippen LogP) is 2.53. The smallest absolute Gasteiger partial charge is 0.238 e. The van der Waals surface area contributed by atoms with Gasteiger partial charge in [0, 0.05) is 25.2 Å². The molecule has 3 heterocycles. The quantitative estimate of drug-likeness (QED) is 0.751. The van der Waals surface area contributed by atoms with E-state index in [0.29, 0.717) is 23.9 Å². The molecule has 1 amide bonds. The first kappa shape index (κ1) is 15.0. The lowest BCUT2D eigenvalue weighted by atomic mass is 10.1. The van der Waals surface area contributed by atoms with Gasteiger partial charge in [-0.25, -0.2) is 0 Å². The van der Waals surface area contributed by atoms with E-state index in [1.54, 1.807) is 30.8 Å². The fraction of sp³-hybridized carbons (Fsp3) is 0.250. The predicted molar refractivity (Wildman–Crippen MR) is 81.1 cm³/mol. The molecule has 0 saturated carbocycles. The Morgan fingerprint density at radius 2 is 2.13 bits per heavy atom. The van der Waals surface area contributed by atoms with E-state index in [2.05, 4.69) is 20.4 Å². The average molecular weight is 312 g/mol. The topological polar surface area (TPSA) is 94.1 Å². The Morgan fingerprint density at radius 1 is 1.30 bits per heavy atom. The average Bonchev–Trinajstić information content (AvgIpc) is 3.25. The van der Waals surface area contributed by atoms with Crippen molar-refractivity contribution in [3.8, 4) is 11.6 Å². The minimum Gasteiger partial charge on any atom is -0.461 e. The Balaban J connectivity index is 1.51. The number of pyridine rings is 1. The molecule has 0 aliphatic heterocycles. The third-order valence-corrected chi connectivity index (χ3v) is 3.36. The molecule has 1 unspecified atom stereocenters. The molecule has 0 saturated heterocycles. The van der Waals surface area contributed by atoms with E-state index >= 15 is 0 Å². The molecule has 1 N–H and O–H groups in total. The van der Waals surface area contributed by atoms with E-state index in [1.165, 1.54) is 0 Å². The lowest BCUT2D eigenvalue weighted by Gasteiger charge is -2.13. The second-order valence-electron chi connectivity index (χ2n) is 5.06. The summed E-state index contributed by atoms with van der Waals surface area (Å²) in [7, 11) is 0. The molecule has 0 aliphatic carbocycles. The fourth-order valence-corrected chi connectivity index (χ4v) is 2.13. The molecule has 7 nitrogen and oxygen atoms in total. The number of rotatable bonds is 6. The summed E-state index contributed by atoms with van der Waals surface area (Å²) < 4.78 is 10.3. The highest BCUT2D eigenvalue weighted by Crippen LogP contribution is 2.16. The van der Waals surface area contributed by atoms with Crippen LogP contribution in [-0.4, -0.2) is 21.0 Å².